The first-order chi connectivity index (χ1) is 19.8. The maximum atomic E-state index is 13.9. The van der Waals surface area contributed by atoms with E-state index in [0.29, 0.717) is 32.4 Å². The summed E-state index contributed by atoms with van der Waals surface area (Å²) >= 11 is 0. The van der Waals surface area contributed by atoms with Crippen molar-refractivity contribution >= 4 is 35.5 Å². The second-order valence-electron chi connectivity index (χ2n) is 12.0. The Morgan fingerprint density at radius 3 is 2.21 bits per heavy atom. The van der Waals surface area contributed by atoms with Crippen molar-refractivity contribution in [2.75, 3.05) is 33.8 Å². The van der Waals surface area contributed by atoms with Gasteiger partial charge in [-0.2, -0.15) is 0 Å². The number of likely N-dealkylation sites (N-methyl/N-ethyl adjacent to an activating group) is 2. The van der Waals surface area contributed by atoms with Gasteiger partial charge in [0.25, 0.3) is 5.91 Å². The number of hydrogen-bond donors (Lipinski definition) is 2. The number of hydrogen-bond acceptors (Lipinski definition) is 8. The van der Waals surface area contributed by atoms with Crippen LogP contribution < -0.4 is 10.6 Å². The highest BCUT2D eigenvalue weighted by atomic mass is 16.6. The maximum absolute atomic E-state index is 13.9. The predicted molar refractivity (Wildman–Crippen MR) is 152 cm³/mol. The van der Waals surface area contributed by atoms with Gasteiger partial charge in [0, 0.05) is 33.6 Å². The molecule has 3 saturated heterocycles. The molecule has 3 aliphatic heterocycles. The van der Waals surface area contributed by atoms with Gasteiger partial charge in [-0.1, -0.05) is 34.1 Å². The van der Waals surface area contributed by atoms with Gasteiger partial charge in [0.2, 0.25) is 23.6 Å². The number of nitrogens with zero attached hydrogens (tertiary/aromatic N) is 3. The van der Waals surface area contributed by atoms with E-state index in [1.54, 1.807) is 6.92 Å². The van der Waals surface area contributed by atoms with Gasteiger partial charge in [-0.05, 0) is 31.6 Å². The van der Waals surface area contributed by atoms with Crippen LogP contribution in [0.2, 0.25) is 0 Å². The lowest BCUT2D eigenvalue weighted by Crippen LogP contribution is -2.60. The SMILES string of the molecule is CC[C@@H](C)[C@H]1NC(=O)[C@H]2CCCN2C(=O)[C@@H](C[C@@H]2CO2)OC(=O)CCNC(=O)[C@@H](C)N(C)C(=O)[C@@H](C(C)C)N(C)C1=O. The van der Waals surface area contributed by atoms with Crippen molar-refractivity contribution in [3.8, 4) is 0 Å². The number of amides is 5. The van der Waals surface area contributed by atoms with Crippen LogP contribution in [0.4, 0.5) is 0 Å². The standard InChI is InChI=1S/C29H47N5O8/c1-8-17(4)23-28(39)33(7)24(16(2)3)29(40)32(6)18(5)25(36)30-12-11-22(35)42-21(14-19-15-41-19)27(38)34-13-9-10-20(34)26(37)31-23/h16-21,23-24H,8-15H2,1-7H3,(H,30,36)(H,31,37)/t17-,18-,19-,20-,21-,23-,24-/m1/s1. The molecule has 0 bridgehead atoms. The smallest absolute Gasteiger partial charge is 0.308 e. The second kappa shape index (κ2) is 14.3. The Morgan fingerprint density at radius 2 is 1.62 bits per heavy atom. The molecule has 0 aromatic carbocycles. The van der Waals surface area contributed by atoms with Crippen LogP contribution in [-0.4, -0.2) is 120 Å². The summed E-state index contributed by atoms with van der Waals surface area (Å²) in [5, 5.41) is 5.54. The molecule has 3 heterocycles. The van der Waals surface area contributed by atoms with Gasteiger partial charge in [-0.3, -0.25) is 28.8 Å². The third-order valence-corrected chi connectivity index (χ3v) is 8.63. The number of esters is 1. The quantitative estimate of drug-likeness (QED) is 0.335. The van der Waals surface area contributed by atoms with Gasteiger partial charge < -0.3 is 34.8 Å². The summed E-state index contributed by atoms with van der Waals surface area (Å²) in [4.78, 5) is 84.5. The first-order valence-electron chi connectivity index (χ1n) is 15.0. The second-order valence-corrected chi connectivity index (χ2v) is 12.0. The summed E-state index contributed by atoms with van der Waals surface area (Å²) in [7, 11) is 3.03. The number of fused-ring (bicyclic) bond motifs is 1. The van der Waals surface area contributed by atoms with Crippen molar-refractivity contribution in [3.05, 3.63) is 0 Å². The van der Waals surface area contributed by atoms with E-state index >= 15 is 0 Å². The fraction of sp³-hybridized carbons (Fsp3) is 0.793. The van der Waals surface area contributed by atoms with Crippen LogP contribution in [0.25, 0.3) is 0 Å². The molecule has 42 heavy (non-hydrogen) atoms. The number of carbonyl (C=O) groups excluding carboxylic acids is 6. The fourth-order valence-corrected chi connectivity index (χ4v) is 5.55. The van der Waals surface area contributed by atoms with Gasteiger partial charge in [0.05, 0.1) is 19.1 Å². The van der Waals surface area contributed by atoms with Gasteiger partial charge in [-0.25, -0.2) is 0 Å². The van der Waals surface area contributed by atoms with E-state index in [1.807, 2.05) is 27.7 Å². The Kier molecular flexibility index (Phi) is 11.3. The number of ether oxygens (including phenoxy) is 2. The van der Waals surface area contributed by atoms with Crippen LogP contribution in [0.3, 0.4) is 0 Å². The average Bonchev–Trinajstić information content (AvgIpc) is 3.63. The van der Waals surface area contributed by atoms with Crippen LogP contribution in [0.1, 0.15) is 66.7 Å². The number of carbonyl (C=O) groups is 6. The Labute approximate surface area is 248 Å². The van der Waals surface area contributed by atoms with Crippen molar-refractivity contribution in [2.24, 2.45) is 11.8 Å². The highest BCUT2D eigenvalue weighted by Crippen LogP contribution is 2.25. The lowest BCUT2D eigenvalue weighted by atomic mass is 9.94. The zero-order chi connectivity index (χ0) is 31.3. The van der Waals surface area contributed by atoms with E-state index in [1.165, 1.54) is 28.8 Å². The molecule has 0 unspecified atom stereocenters. The lowest BCUT2D eigenvalue weighted by Gasteiger charge is -2.38. The molecule has 5 amide bonds. The summed E-state index contributed by atoms with van der Waals surface area (Å²) in [6.07, 6.45) is 0.190. The molecule has 0 radical (unpaired) electrons. The minimum atomic E-state index is -1.14. The molecule has 3 aliphatic rings. The van der Waals surface area contributed by atoms with Crippen molar-refractivity contribution in [1.82, 2.24) is 25.3 Å². The normalized spacial score (nSPS) is 31.6. The van der Waals surface area contributed by atoms with E-state index < -0.39 is 65.8 Å². The van der Waals surface area contributed by atoms with Crippen LogP contribution in [0.5, 0.6) is 0 Å². The number of epoxide rings is 1. The maximum Gasteiger partial charge on any atom is 0.308 e. The van der Waals surface area contributed by atoms with Crippen LogP contribution in [0, 0.1) is 11.8 Å². The Morgan fingerprint density at radius 1 is 0.952 bits per heavy atom. The van der Waals surface area contributed by atoms with Crippen LogP contribution in [0.15, 0.2) is 0 Å². The molecule has 236 valence electrons. The average molecular weight is 594 g/mol. The summed E-state index contributed by atoms with van der Waals surface area (Å²) < 4.78 is 10.8. The van der Waals surface area contributed by atoms with Crippen LogP contribution in [-0.2, 0) is 38.2 Å². The third kappa shape index (κ3) is 7.78. The number of nitrogens with one attached hydrogen (secondary N) is 2. The molecular formula is C29H47N5O8. The van der Waals surface area contributed by atoms with Crippen molar-refractivity contribution in [1.29, 1.82) is 0 Å². The summed E-state index contributed by atoms with van der Waals surface area (Å²) in [6, 6.07) is -3.56. The van der Waals surface area contributed by atoms with Gasteiger partial charge in [0.15, 0.2) is 6.10 Å². The minimum absolute atomic E-state index is 0.0534. The molecule has 3 fully saturated rings. The largest absolute Gasteiger partial charge is 0.452 e. The molecule has 0 aromatic heterocycles. The lowest BCUT2D eigenvalue weighted by molar-refractivity contribution is -0.162. The summed E-state index contributed by atoms with van der Waals surface area (Å²) in [6.45, 7) is 9.65. The van der Waals surface area contributed by atoms with Crippen molar-refractivity contribution in [2.45, 2.75) is 103 Å². The van der Waals surface area contributed by atoms with E-state index in [0.717, 1.165) is 0 Å². The molecule has 13 nitrogen and oxygen atoms in total. The number of cyclic esters (lactones) is 1. The van der Waals surface area contributed by atoms with Crippen molar-refractivity contribution in [3.63, 3.8) is 0 Å². The highest BCUT2D eigenvalue weighted by Gasteiger charge is 2.44. The predicted octanol–water partition coefficient (Wildman–Crippen LogP) is 0.0588. The van der Waals surface area contributed by atoms with E-state index in [9.17, 15) is 28.8 Å². The van der Waals surface area contributed by atoms with Crippen LogP contribution >= 0.6 is 0 Å². The molecule has 0 spiro atoms. The summed E-state index contributed by atoms with van der Waals surface area (Å²) in [5.74, 6) is -3.51. The van der Waals surface area contributed by atoms with Crippen molar-refractivity contribution < 1.29 is 38.2 Å². The van der Waals surface area contributed by atoms with E-state index in [-0.39, 0.29) is 37.3 Å². The first-order valence-corrected chi connectivity index (χ1v) is 15.0. The molecule has 2 N–H and O–H groups in total. The zero-order valence-corrected chi connectivity index (χ0v) is 25.9. The Bertz CT molecular complexity index is 1050. The third-order valence-electron chi connectivity index (χ3n) is 8.63. The number of rotatable bonds is 5. The van der Waals surface area contributed by atoms with Gasteiger partial charge in [-0.15, -0.1) is 0 Å². The molecule has 13 heteroatoms. The van der Waals surface area contributed by atoms with E-state index in [4.69, 9.17) is 9.47 Å². The van der Waals surface area contributed by atoms with E-state index in [2.05, 4.69) is 10.6 Å². The Balaban J connectivity index is 1.98. The van der Waals surface area contributed by atoms with Gasteiger partial charge >= 0.3 is 5.97 Å². The molecule has 7 atom stereocenters. The highest BCUT2D eigenvalue weighted by molar-refractivity contribution is 5.96. The molecule has 3 rings (SSSR count). The zero-order valence-electron chi connectivity index (χ0n) is 25.9. The topological polar surface area (TPSA) is 158 Å². The first kappa shape index (κ1) is 33.3. The molecule has 0 aliphatic carbocycles. The molecule has 0 aromatic rings. The molecular weight excluding hydrogens is 546 g/mol. The minimum Gasteiger partial charge on any atom is -0.452 e. The molecule has 0 saturated carbocycles. The Hall–Kier alpha value is -3.22. The monoisotopic (exact) mass is 593 g/mol. The fourth-order valence-electron chi connectivity index (χ4n) is 5.55. The van der Waals surface area contributed by atoms with Gasteiger partial charge in [0.1, 0.15) is 24.2 Å². The summed E-state index contributed by atoms with van der Waals surface area (Å²) in [5.41, 5.74) is 0.